The van der Waals surface area contributed by atoms with Gasteiger partial charge < -0.3 is 24.4 Å². The van der Waals surface area contributed by atoms with Crippen molar-refractivity contribution < 1.29 is 24.2 Å². The SMILES string of the molecule is CCO/C=C/c1cc(N2CCN(C(=O)O)CC2)ccc1C(=O)OC. The third kappa shape index (κ3) is 4.18. The number of carbonyl (C=O) groups excluding carboxylic acids is 1. The number of anilines is 1. The number of carboxylic acid groups (broad SMARTS) is 1. The third-order valence-electron chi connectivity index (χ3n) is 3.87. The quantitative estimate of drug-likeness (QED) is 0.657. The number of carbonyl (C=O) groups is 2. The summed E-state index contributed by atoms with van der Waals surface area (Å²) in [7, 11) is 1.34. The molecular weight excluding hydrogens is 312 g/mol. The molecule has 1 aromatic carbocycles. The normalized spacial score (nSPS) is 14.8. The van der Waals surface area contributed by atoms with Crippen LogP contribution in [0.1, 0.15) is 22.8 Å². The standard InChI is InChI=1S/C17H22N2O5/c1-3-24-11-6-13-12-14(4-5-15(13)16(20)23-2)18-7-9-19(10-8-18)17(21)22/h4-6,11-12H,3,7-10H2,1-2H3,(H,21,22)/b11-6+. The number of methoxy groups -OCH3 is 1. The molecule has 130 valence electrons. The molecule has 0 atom stereocenters. The molecule has 1 fully saturated rings. The Hall–Kier alpha value is -2.70. The van der Waals surface area contributed by atoms with Crippen LogP contribution >= 0.6 is 0 Å². The number of piperazine rings is 1. The van der Waals surface area contributed by atoms with Crippen molar-refractivity contribution in [1.82, 2.24) is 4.90 Å². The number of esters is 1. The van der Waals surface area contributed by atoms with E-state index < -0.39 is 12.1 Å². The van der Waals surface area contributed by atoms with Crippen molar-refractivity contribution >= 4 is 23.8 Å². The van der Waals surface area contributed by atoms with Gasteiger partial charge in [-0.1, -0.05) is 0 Å². The third-order valence-corrected chi connectivity index (χ3v) is 3.87. The Morgan fingerprint density at radius 3 is 2.54 bits per heavy atom. The zero-order valence-electron chi connectivity index (χ0n) is 13.9. The molecule has 1 amide bonds. The molecule has 1 aliphatic rings. The molecule has 1 aromatic rings. The maximum absolute atomic E-state index is 11.9. The Bertz CT molecular complexity index is 621. The predicted molar refractivity (Wildman–Crippen MR) is 90.3 cm³/mol. The van der Waals surface area contributed by atoms with Gasteiger partial charge in [0, 0.05) is 31.9 Å². The first kappa shape index (κ1) is 17.7. The van der Waals surface area contributed by atoms with Gasteiger partial charge in [0.15, 0.2) is 0 Å². The topological polar surface area (TPSA) is 79.3 Å². The van der Waals surface area contributed by atoms with Crippen LogP contribution in [0.3, 0.4) is 0 Å². The minimum Gasteiger partial charge on any atom is -0.501 e. The zero-order chi connectivity index (χ0) is 17.5. The maximum Gasteiger partial charge on any atom is 0.407 e. The molecule has 0 spiro atoms. The first-order valence-corrected chi connectivity index (χ1v) is 7.80. The molecule has 0 radical (unpaired) electrons. The van der Waals surface area contributed by atoms with Gasteiger partial charge in [-0.2, -0.15) is 0 Å². The van der Waals surface area contributed by atoms with Crippen LogP contribution in [0.25, 0.3) is 6.08 Å². The van der Waals surface area contributed by atoms with Gasteiger partial charge in [0.25, 0.3) is 0 Å². The Labute approximate surface area is 141 Å². The summed E-state index contributed by atoms with van der Waals surface area (Å²) in [5, 5.41) is 9.02. The van der Waals surface area contributed by atoms with Crippen LogP contribution in [-0.4, -0.2) is 62.0 Å². The summed E-state index contributed by atoms with van der Waals surface area (Å²) in [5.41, 5.74) is 2.10. The van der Waals surface area contributed by atoms with E-state index in [4.69, 9.17) is 14.6 Å². The molecule has 24 heavy (non-hydrogen) atoms. The second-order valence-corrected chi connectivity index (χ2v) is 5.28. The first-order chi connectivity index (χ1) is 11.6. The number of hydrogen-bond acceptors (Lipinski definition) is 5. The van der Waals surface area contributed by atoms with Crippen molar-refractivity contribution in [3.05, 3.63) is 35.6 Å². The number of benzene rings is 1. The minimum atomic E-state index is -0.893. The van der Waals surface area contributed by atoms with E-state index in [0.717, 1.165) is 5.69 Å². The molecule has 1 N–H and O–H groups in total. The van der Waals surface area contributed by atoms with Crippen molar-refractivity contribution in [2.24, 2.45) is 0 Å². The molecule has 0 saturated carbocycles. The molecule has 0 aliphatic carbocycles. The van der Waals surface area contributed by atoms with Gasteiger partial charge in [-0.25, -0.2) is 9.59 Å². The molecular formula is C17H22N2O5. The van der Waals surface area contributed by atoms with E-state index in [0.29, 0.717) is 43.9 Å². The Balaban J connectivity index is 2.21. The summed E-state index contributed by atoms with van der Waals surface area (Å²) in [6.45, 7) is 4.55. The highest BCUT2D eigenvalue weighted by Crippen LogP contribution is 2.23. The molecule has 1 heterocycles. The van der Waals surface area contributed by atoms with Crippen LogP contribution in [0.5, 0.6) is 0 Å². The second-order valence-electron chi connectivity index (χ2n) is 5.28. The van der Waals surface area contributed by atoms with E-state index in [2.05, 4.69) is 4.90 Å². The summed E-state index contributed by atoms with van der Waals surface area (Å²) in [6, 6.07) is 5.45. The summed E-state index contributed by atoms with van der Waals surface area (Å²) in [5.74, 6) is -0.409. The van der Waals surface area contributed by atoms with Crippen LogP contribution < -0.4 is 4.90 Å². The average molecular weight is 334 g/mol. The number of hydrogen-bond donors (Lipinski definition) is 1. The van der Waals surface area contributed by atoms with Crippen molar-refractivity contribution in [3.8, 4) is 0 Å². The fourth-order valence-corrected chi connectivity index (χ4v) is 2.55. The van der Waals surface area contributed by atoms with Crippen LogP contribution in [-0.2, 0) is 9.47 Å². The molecule has 0 unspecified atom stereocenters. The average Bonchev–Trinajstić information content (AvgIpc) is 2.61. The molecule has 7 heteroatoms. The van der Waals surface area contributed by atoms with Crippen LogP contribution in [0.15, 0.2) is 24.5 Å². The smallest absolute Gasteiger partial charge is 0.407 e. The van der Waals surface area contributed by atoms with Gasteiger partial charge in [-0.15, -0.1) is 0 Å². The van der Waals surface area contributed by atoms with E-state index >= 15 is 0 Å². The van der Waals surface area contributed by atoms with Crippen LogP contribution in [0.2, 0.25) is 0 Å². The van der Waals surface area contributed by atoms with Gasteiger partial charge in [-0.3, -0.25) is 0 Å². The minimum absolute atomic E-state index is 0.409. The fraction of sp³-hybridized carbons (Fsp3) is 0.412. The number of nitrogens with zero attached hydrogens (tertiary/aromatic N) is 2. The van der Waals surface area contributed by atoms with Gasteiger partial charge in [0.1, 0.15) is 0 Å². The fourth-order valence-electron chi connectivity index (χ4n) is 2.55. The van der Waals surface area contributed by atoms with Gasteiger partial charge in [-0.05, 0) is 36.8 Å². The number of amides is 1. The highest BCUT2D eigenvalue weighted by Gasteiger charge is 2.21. The van der Waals surface area contributed by atoms with Crippen molar-refractivity contribution in [3.63, 3.8) is 0 Å². The Morgan fingerprint density at radius 2 is 1.96 bits per heavy atom. The lowest BCUT2D eigenvalue weighted by atomic mass is 10.1. The van der Waals surface area contributed by atoms with Crippen LogP contribution in [0.4, 0.5) is 10.5 Å². The monoisotopic (exact) mass is 334 g/mol. The molecule has 0 aromatic heterocycles. The first-order valence-electron chi connectivity index (χ1n) is 7.80. The van der Waals surface area contributed by atoms with E-state index in [-0.39, 0.29) is 0 Å². The van der Waals surface area contributed by atoms with Gasteiger partial charge in [0.05, 0.1) is 25.5 Å². The van der Waals surface area contributed by atoms with E-state index in [1.165, 1.54) is 12.0 Å². The summed E-state index contributed by atoms with van der Waals surface area (Å²) < 4.78 is 10.0. The lowest BCUT2D eigenvalue weighted by Crippen LogP contribution is -2.48. The number of rotatable bonds is 5. The van der Waals surface area contributed by atoms with E-state index in [1.807, 2.05) is 19.1 Å². The van der Waals surface area contributed by atoms with Crippen LogP contribution in [0, 0.1) is 0 Å². The Morgan fingerprint density at radius 1 is 1.25 bits per heavy atom. The number of ether oxygens (including phenoxy) is 2. The largest absolute Gasteiger partial charge is 0.501 e. The lowest BCUT2D eigenvalue weighted by molar-refractivity contribution is 0.0600. The highest BCUT2D eigenvalue weighted by molar-refractivity contribution is 5.94. The van der Waals surface area contributed by atoms with Crippen molar-refractivity contribution in [2.45, 2.75) is 6.92 Å². The zero-order valence-corrected chi connectivity index (χ0v) is 13.9. The summed E-state index contributed by atoms with van der Waals surface area (Å²) in [4.78, 5) is 26.4. The van der Waals surface area contributed by atoms with E-state index in [9.17, 15) is 9.59 Å². The molecule has 1 saturated heterocycles. The summed E-state index contributed by atoms with van der Waals surface area (Å²) >= 11 is 0. The lowest BCUT2D eigenvalue weighted by Gasteiger charge is -2.34. The Kier molecular flexibility index (Phi) is 6.06. The van der Waals surface area contributed by atoms with Crippen molar-refractivity contribution in [2.75, 3.05) is 44.8 Å². The molecule has 0 bridgehead atoms. The summed E-state index contributed by atoms with van der Waals surface area (Å²) in [6.07, 6.45) is 2.39. The van der Waals surface area contributed by atoms with Gasteiger partial charge >= 0.3 is 12.1 Å². The predicted octanol–water partition coefficient (Wildman–Crippen LogP) is 2.28. The second kappa shape index (κ2) is 8.24. The van der Waals surface area contributed by atoms with Crippen molar-refractivity contribution in [1.29, 1.82) is 0 Å². The van der Waals surface area contributed by atoms with E-state index in [1.54, 1.807) is 18.4 Å². The molecule has 7 nitrogen and oxygen atoms in total. The molecule has 2 rings (SSSR count). The highest BCUT2D eigenvalue weighted by atomic mass is 16.5. The maximum atomic E-state index is 11.9. The molecule has 1 aliphatic heterocycles. The van der Waals surface area contributed by atoms with Gasteiger partial charge in [0.2, 0.25) is 0 Å².